The van der Waals surface area contributed by atoms with E-state index in [1.807, 2.05) is 7.05 Å². The lowest BCUT2D eigenvalue weighted by Crippen LogP contribution is -2.47. The Hall–Kier alpha value is -4.98. The second kappa shape index (κ2) is 14.2. The SMILES string of the molecule is COC(=O)C1=C(C)N(c2cccc(C(F)(F)F)c2)c2n[nH]c(=O)n2[C@@H]1c1ccc(C#N)cc1C[N+](C)(CCO)CCO.O=C[O-]. The number of nitrogens with zero attached hydrogens (tertiary/aromatic N) is 5. The Morgan fingerprint density at radius 3 is 2.42 bits per heavy atom. The zero-order chi connectivity index (χ0) is 33.5. The molecule has 0 radical (unpaired) electrons. The molecule has 0 aliphatic carbocycles. The number of quaternary nitrogens is 1. The lowest BCUT2D eigenvalue weighted by atomic mass is 9.89. The molecule has 240 valence electrons. The minimum atomic E-state index is -4.65. The number of nitriles is 1. The fourth-order valence-corrected chi connectivity index (χ4v) is 5.32. The van der Waals surface area contributed by atoms with Gasteiger partial charge >= 0.3 is 17.8 Å². The molecular formula is C29H31F3N6O7. The molecule has 0 fully saturated rings. The Labute approximate surface area is 255 Å². The number of esters is 1. The van der Waals surface area contributed by atoms with Crippen molar-refractivity contribution in [3.63, 3.8) is 0 Å². The molecular weight excluding hydrogens is 601 g/mol. The number of carbonyl (C=O) groups excluding carboxylic acids is 2. The number of carbonyl (C=O) groups is 2. The van der Waals surface area contributed by atoms with Crippen LogP contribution >= 0.6 is 0 Å². The number of ether oxygens (including phenoxy) is 1. The predicted molar refractivity (Wildman–Crippen MR) is 150 cm³/mol. The summed E-state index contributed by atoms with van der Waals surface area (Å²) in [5.74, 6) is -0.890. The summed E-state index contributed by atoms with van der Waals surface area (Å²) in [7, 11) is 2.96. The summed E-state index contributed by atoms with van der Waals surface area (Å²) in [4.78, 5) is 36.2. The number of hydrogen-bond donors (Lipinski definition) is 3. The molecule has 0 saturated heterocycles. The maximum Gasteiger partial charge on any atom is 0.416 e. The number of fused-ring (bicyclic) bond motifs is 1. The topological polar surface area (TPSA) is 185 Å². The number of aliphatic hydroxyl groups is 2. The molecule has 0 bridgehead atoms. The monoisotopic (exact) mass is 632 g/mol. The standard InChI is InChI=1S/C28H29F3N6O5.CH2O2/c1-17-23(25(40)42-3)24(22-8-7-18(15-32)13-19(22)16-37(2,9-11-38)10-12-39)36-26(33-34-27(36)41)35(17)21-6-4-5-20(14-21)28(29,30)31;2-1-3/h4-8,13-14,24,38-39H,9-12,16H2,1-3H3;1H,(H,2,3)/t24-;/m1./s1. The summed E-state index contributed by atoms with van der Waals surface area (Å²) in [5.41, 5.74) is -0.234. The number of halogens is 3. The maximum atomic E-state index is 13.6. The molecule has 16 heteroatoms. The molecule has 4 rings (SSSR count). The van der Waals surface area contributed by atoms with Gasteiger partial charge in [0.05, 0.1) is 50.1 Å². The van der Waals surface area contributed by atoms with Gasteiger partial charge in [0.1, 0.15) is 25.7 Å². The van der Waals surface area contributed by atoms with Crippen LogP contribution in [0.3, 0.4) is 0 Å². The van der Waals surface area contributed by atoms with Crippen LogP contribution in [-0.4, -0.2) is 82.4 Å². The van der Waals surface area contributed by atoms with Crippen molar-refractivity contribution in [3.05, 3.63) is 86.5 Å². The lowest BCUT2D eigenvalue weighted by molar-refractivity contribution is -0.923. The molecule has 3 aromatic rings. The van der Waals surface area contributed by atoms with Crippen LogP contribution in [0.2, 0.25) is 0 Å². The summed E-state index contributed by atoms with van der Waals surface area (Å²) in [6, 6.07) is 10.1. The van der Waals surface area contributed by atoms with Crippen LogP contribution in [0.4, 0.5) is 24.8 Å². The van der Waals surface area contributed by atoms with E-state index in [0.29, 0.717) is 16.7 Å². The molecule has 2 heterocycles. The Morgan fingerprint density at radius 2 is 1.87 bits per heavy atom. The van der Waals surface area contributed by atoms with Crippen LogP contribution in [0.1, 0.15) is 35.2 Å². The minimum Gasteiger partial charge on any atom is -0.554 e. The Kier molecular flexibility index (Phi) is 10.9. The lowest BCUT2D eigenvalue weighted by Gasteiger charge is -2.38. The molecule has 1 aromatic heterocycles. The van der Waals surface area contributed by atoms with Gasteiger partial charge in [-0.2, -0.15) is 18.4 Å². The van der Waals surface area contributed by atoms with Crippen molar-refractivity contribution in [2.24, 2.45) is 0 Å². The minimum absolute atomic E-state index is 0.0117. The van der Waals surface area contributed by atoms with Crippen molar-refractivity contribution in [2.45, 2.75) is 25.7 Å². The Morgan fingerprint density at radius 1 is 1.22 bits per heavy atom. The summed E-state index contributed by atoms with van der Waals surface area (Å²) in [6.07, 6.45) is -4.65. The summed E-state index contributed by atoms with van der Waals surface area (Å²) in [5, 5.41) is 43.7. The first-order valence-electron chi connectivity index (χ1n) is 13.4. The van der Waals surface area contributed by atoms with Gasteiger partial charge in [0.25, 0.3) is 0 Å². The normalized spacial score (nSPS) is 14.6. The first-order chi connectivity index (χ1) is 21.3. The van der Waals surface area contributed by atoms with E-state index in [2.05, 4.69) is 16.3 Å². The number of alkyl halides is 3. The van der Waals surface area contributed by atoms with Gasteiger partial charge in [-0.1, -0.05) is 12.1 Å². The second-order valence-electron chi connectivity index (χ2n) is 10.3. The van der Waals surface area contributed by atoms with Crippen LogP contribution in [0, 0.1) is 11.3 Å². The van der Waals surface area contributed by atoms with Crippen molar-refractivity contribution in [1.29, 1.82) is 5.26 Å². The zero-order valence-corrected chi connectivity index (χ0v) is 24.5. The molecule has 45 heavy (non-hydrogen) atoms. The number of likely N-dealkylation sites (N-methyl/N-ethyl adjacent to an activating group) is 1. The van der Waals surface area contributed by atoms with Gasteiger partial charge in [0.2, 0.25) is 5.95 Å². The first-order valence-corrected chi connectivity index (χ1v) is 13.4. The largest absolute Gasteiger partial charge is 0.554 e. The third-order valence-electron chi connectivity index (χ3n) is 7.38. The van der Waals surface area contributed by atoms with Gasteiger partial charge in [-0.25, -0.2) is 19.3 Å². The summed E-state index contributed by atoms with van der Waals surface area (Å²) < 4.78 is 47.2. The number of carboxylic acid groups (broad SMARTS) is 1. The number of methoxy groups -OCH3 is 1. The quantitative estimate of drug-likeness (QED) is 0.174. The van der Waals surface area contributed by atoms with E-state index < -0.39 is 35.9 Å². The second-order valence-corrected chi connectivity index (χ2v) is 10.3. The number of aromatic amines is 1. The third-order valence-corrected chi connectivity index (χ3v) is 7.38. The molecule has 1 aliphatic heterocycles. The van der Waals surface area contributed by atoms with Gasteiger partial charge in [-0.05, 0) is 42.8 Å². The fraction of sp³-hybridized carbons (Fsp3) is 0.345. The predicted octanol–water partition coefficient (Wildman–Crippen LogP) is 0.947. The van der Waals surface area contributed by atoms with Gasteiger partial charge in [-0.3, -0.25) is 4.90 Å². The van der Waals surface area contributed by atoms with E-state index in [0.717, 1.165) is 23.8 Å². The number of aliphatic hydroxyl groups excluding tert-OH is 2. The van der Waals surface area contributed by atoms with Crippen LogP contribution in [0.25, 0.3) is 0 Å². The van der Waals surface area contributed by atoms with Crippen molar-refractivity contribution in [3.8, 4) is 6.07 Å². The van der Waals surface area contributed by atoms with Gasteiger partial charge in [0.15, 0.2) is 0 Å². The van der Waals surface area contributed by atoms with Crippen molar-refractivity contribution >= 4 is 24.1 Å². The van der Waals surface area contributed by atoms with E-state index >= 15 is 0 Å². The maximum absolute atomic E-state index is 13.6. The smallest absolute Gasteiger partial charge is 0.416 e. The summed E-state index contributed by atoms with van der Waals surface area (Å²) >= 11 is 0. The number of allylic oxidation sites excluding steroid dienone is 1. The van der Waals surface area contributed by atoms with E-state index in [4.69, 9.17) is 14.6 Å². The van der Waals surface area contributed by atoms with E-state index in [9.17, 15) is 38.2 Å². The Bertz CT molecular complexity index is 1670. The highest BCUT2D eigenvalue weighted by Crippen LogP contribution is 2.43. The number of benzene rings is 2. The van der Waals surface area contributed by atoms with Crippen LogP contribution < -0.4 is 15.7 Å². The Balaban J connectivity index is 0.00000177. The van der Waals surface area contributed by atoms with Crippen LogP contribution in [0.5, 0.6) is 0 Å². The van der Waals surface area contributed by atoms with Gasteiger partial charge in [-0.15, -0.1) is 5.10 Å². The number of hydrogen-bond acceptors (Lipinski definition) is 10. The molecule has 0 unspecified atom stereocenters. The van der Waals surface area contributed by atoms with Gasteiger partial charge in [0, 0.05) is 23.4 Å². The highest BCUT2D eigenvalue weighted by molar-refractivity contribution is 5.93. The molecule has 1 atom stereocenters. The molecule has 0 spiro atoms. The van der Waals surface area contributed by atoms with Crippen LogP contribution in [-0.2, 0) is 27.0 Å². The average molecular weight is 633 g/mol. The van der Waals surface area contributed by atoms with E-state index in [1.165, 1.54) is 30.0 Å². The highest BCUT2D eigenvalue weighted by atomic mass is 19.4. The van der Waals surface area contributed by atoms with Crippen molar-refractivity contribution in [2.75, 3.05) is 45.4 Å². The summed E-state index contributed by atoms with van der Waals surface area (Å²) in [6.45, 7) is 1.38. The van der Waals surface area contributed by atoms with Crippen molar-refractivity contribution < 1.29 is 47.3 Å². The van der Waals surface area contributed by atoms with E-state index in [1.54, 1.807) is 12.1 Å². The molecule has 0 amide bonds. The van der Waals surface area contributed by atoms with Gasteiger partial charge < -0.3 is 29.3 Å². The molecule has 0 saturated carbocycles. The molecule has 3 N–H and O–H groups in total. The molecule has 13 nitrogen and oxygen atoms in total. The molecule has 1 aliphatic rings. The number of nitrogens with one attached hydrogen (secondary N) is 1. The van der Waals surface area contributed by atoms with E-state index in [-0.39, 0.29) is 60.2 Å². The third kappa shape index (κ3) is 7.23. The number of anilines is 2. The van der Waals surface area contributed by atoms with Crippen LogP contribution in [0.15, 0.2) is 58.5 Å². The zero-order valence-electron chi connectivity index (χ0n) is 24.5. The highest BCUT2D eigenvalue weighted by Gasteiger charge is 2.41. The first kappa shape index (κ1) is 34.5. The van der Waals surface area contributed by atoms with Crippen molar-refractivity contribution in [1.82, 2.24) is 14.8 Å². The number of H-pyrrole nitrogens is 1. The number of aromatic nitrogens is 3. The fourth-order valence-electron chi connectivity index (χ4n) is 5.32. The number of rotatable bonds is 9. The molecule has 2 aromatic carbocycles. The average Bonchev–Trinajstić information content (AvgIpc) is 3.37.